The molecule has 0 spiro atoms. The van der Waals surface area contributed by atoms with E-state index in [1.54, 1.807) is 18.3 Å². The van der Waals surface area contributed by atoms with Crippen molar-refractivity contribution in [2.24, 2.45) is 0 Å². The highest BCUT2D eigenvalue weighted by Crippen LogP contribution is 2.26. The van der Waals surface area contributed by atoms with Gasteiger partial charge in [-0.15, -0.1) is 0 Å². The first-order valence-electron chi connectivity index (χ1n) is 9.64. The minimum absolute atomic E-state index is 0.241. The second-order valence-electron chi connectivity index (χ2n) is 6.82. The normalized spacial score (nSPS) is 13.8. The van der Waals surface area contributed by atoms with Gasteiger partial charge in [0.15, 0.2) is 0 Å². The SMILES string of the molecule is O=C(Nc1cccc(N2CCCCC2)c1)c1cccnc1Oc1ccccc1. The van der Waals surface area contributed by atoms with Crippen LogP contribution in [0.15, 0.2) is 72.9 Å². The molecule has 0 saturated carbocycles. The van der Waals surface area contributed by atoms with Crippen molar-refractivity contribution >= 4 is 17.3 Å². The zero-order valence-electron chi connectivity index (χ0n) is 15.7. The summed E-state index contributed by atoms with van der Waals surface area (Å²) in [7, 11) is 0. The summed E-state index contributed by atoms with van der Waals surface area (Å²) in [5, 5.41) is 2.98. The van der Waals surface area contributed by atoms with Crippen LogP contribution < -0.4 is 15.0 Å². The van der Waals surface area contributed by atoms with Crippen LogP contribution in [0.5, 0.6) is 11.6 Å². The fraction of sp³-hybridized carbons (Fsp3) is 0.217. The molecular formula is C23H23N3O2. The maximum atomic E-state index is 12.9. The number of benzene rings is 2. The molecule has 1 amide bonds. The minimum atomic E-state index is -0.241. The Hall–Kier alpha value is -3.34. The molecule has 3 aromatic rings. The molecule has 5 heteroatoms. The van der Waals surface area contributed by atoms with E-state index < -0.39 is 0 Å². The summed E-state index contributed by atoms with van der Waals surface area (Å²) in [4.78, 5) is 19.5. The monoisotopic (exact) mass is 373 g/mol. The largest absolute Gasteiger partial charge is 0.438 e. The Bertz CT molecular complexity index is 937. The Labute approximate surface area is 165 Å². The van der Waals surface area contributed by atoms with Crippen molar-refractivity contribution in [1.82, 2.24) is 4.98 Å². The lowest BCUT2D eigenvalue weighted by Crippen LogP contribution is -2.29. The molecule has 142 valence electrons. The van der Waals surface area contributed by atoms with Crippen LogP contribution in [0.3, 0.4) is 0 Å². The molecule has 4 rings (SSSR count). The van der Waals surface area contributed by atoms with Crippen molar-refractivity contribution in [3.63, 3.8) is 0 Å². The van der Waals surface area contributed by atoms with Crippen LogP contribution in [-0.4, -0.2) is 24.0 Å². The van der Waals surface area contributed by atoms with Gasteiger partial charge in [0.2, 0.25) is 5.88 Å². The molecule has 1 saturated heterocycles. The minimum Gasteiger partial charge on any atom is -0.438 e. The first kappa shape index (κ1) is 18.0. The Morgan fingerprint density at radius 1 is 0.929 bits per heavy atom. The van der Waals surface area contributed by atoms with Gasteiger partial charge in [-0.3, -0.25) is 4.79 Å². The maximum Gasteiger partial charge on any atom is 0.261 e. The number of ether oxygens (including phenoxy) is 1. The van der Waals surface area contributed by atoms with Crippen LogP contribution in [0.25, 0.3) is 0 Å². The first-order chi connectivity index (χ1) is 13.8. The number of carbonyl (C=O) groups is 1. The van der Waals surface area contributed by atoms with E-state index in [1.165, 1.54) is 19.3 Å². The van der Waals surface area contributed by atoms with E-state index in [2.05, 4.69) is 21.3 Å². The number of nitrogens with zero attached hydrogens (tertiary/aromatic N) is 2. The molecule has 0 atom stereocenters. The fourth-order valence-electron chi connectivity index (χ4n) is 3.38. The van der Waals surface area contributed by atoms with Gasteiger partial charge in [-0.1, -0.05) is 24.3 Å². The van der Waals surface area contributed by atoms with Crippen LogP contribution in [0.2, 0.25) is 0 Å². The molecule has 2 heterocycles. The number of piperidine rings is 1. The second kappa shape index (κ2) is 8.57. The Balaban J connectivity index is 1.51. The third-order valence-electron chi connectivity index (χ3n) is 4.80. The molecule has 28 heavy (non-hydrogen) atoms. The van der Waals surface area contributed by atoms with Crippen molar-refractivity contribution in [2.75, 3.05) is 23.3 Å². The summed E-state index contributed by atoms with van der Waals surface area (Å²) in [6.45, 7) is 2.13. The summed E-state index contributed by atoms with van der Waals surface area (Å²) in [5.74, 6) is 0.690. The molecule has 0 radical (unpaired) electrons. The fourth-order valence-corrected chi connectivity index (χ4v) is 3.38. The number of rotatable bonds is 5. The van der Waals surface area contributed by atoms with Gasteiger partial charge < -0.3 is 15.0 Å². The molecule has 0 bridgehead atoms. The van der Waals surface area contributed by atoms with Crippen molar-refractivity contribution in [1.29, 1.82) is 0 Å². The lowest BCUT2D eigenvalue weighted by Gasteiger charge is -2.29. The smallest absolute Gasteiger partial charge is 0.261 e. The quantitative estimate of drug-likeness (QED) is 0.675. The molecule has 1 aliphatic heterocycles. The molecule has 1 N–H and O–H groups in total. The summed E-state index contributed by atoms with van der Waals surface area (Å²) in [5.41, 5.74) is 2.31. The maximum absolute atomic E-state index is 12.9. The third kappa shape index (κ3) is 4.31. The molecular weight excluding hydrogens is 350 g/mol. The molecule has 1 aromatic heterocycles. The first-order valence-corrected chi connectivity index (χ1v) is 9.64. The van der Waals surface area contributed by atoms with Gasteiger partial charge in [0.25, 0.3) is 5.91 Å². The van der Waals surface area contributed by atoms with Crippen LogP contribution in [0.1, 0.15) is 29.6 Å². The van der Waals surface area contributed by atoms with E-state index in [-0.39, 0.29) is 5.91 Å². The summed E-state index contributed by atoms with van der Waals surface area (Å²) < 4.78 is 5.81. The number of hydrogen-bond donors (Lipinski definition) is 1. The zero-order valence-corrected chi connectivity index (χ0v) is 15.7. The number of hydrogen-bond acceptors (Lipinski definition) is 4. The topological polar surface area (TPSA) is 54.5 Å². The van der Waals surface area contributed by atoms with E-state index >= 15 is 0 Å². The molecule has 5 nitrogen and oxygen atoms in total. The highest BCUT2D eigenvalue weighted by Gasteiger charge is 2.16. The Morgan fingerprint density at radius 2 is 1.75 bits per heavy atom. The van der Waals surface area contributed by atoms with Crippen molar-refractivity contribution in [3.8, 4) is 11.6 Å². The molecule has 0 unspecified atom stereocenters. The van der Waals surface area contributed by atoms with Gasteiger partial charge in [0.05, 0.1) is 0 Å². The van der Waals surface area contributed by atoms with E-state index in [4.69, 9.17) is 4.74 Å². The van der Waals surface area contributed by atoms with E-state index in [1.807, 2.05) is 48.5 Å². The number of aromatic nitrogens is 1. The molecule has 1 fully saturated rings. The summed E-state index contributed by atoms with van der Waals surface area (Å²) in [6.07, 6.45) is 5.34. The Morgan fingerprint density at radius 3 is 2.57 bits per heavy atom. The van der Waals surface area contributed by atoms with Crippen LogP contribution in [-0.2, 0) is 0 Å². The summed E-state index contributed by atoms with van der Waals surface area (Å²) >= 11 is 0. The second-order valence-corrected chi connectivity index (χ2v) is 6.82. The number of pyridine rings is 1. The van der Waals surface area contributed by atoms with Crippen LogP contribution >= 0.6 is 0 Å². The van der Waals surface area contributed by atoms with Gasteiger partial charge in [-0.2, -0.15) is 0 Å². The third-order valence-corrected chi connectivity index (χ3v) is 4.80. The predicted octanol–water partition coefficient (Wildman–Crippen LogP) is 5.12. The number of amides is 1. The van der Waals surface area contributed by atoms with Gasteiger partial charge in [0, 0.05) is 30.7 Å². The zero-order chi connectivity index (χ0) is 19.2. The van der Waals surface area contributed by atoms with Crippen LogP contribution in [0, 0.1) is 0 Å². The van der Waals surface area contributed by atoms with Crippen molar-refractivity contribution in [2.45, 2.75) is 19.3 Å². The number of nitrogens with one attached hydrogen (secondary N) is 1. The molecule has 2 aromatic carbocycles. The molecule has 1 aliphatic rings. The van der Waals surface area contributed by atoms with E-state index in [9.17, 15) is 4.79 Å². The van der Waals surface area contributed by atoms with Gasteiger partial charge >= 0.3 is 0 Å². The standard InChI is InChI=1S/C23H23N3O2/c27-22(21-13-8-14-24-23(21)28-20-11-3-1-4-12-20)25-18-9-7-10-19(17-18)26-15-5-2-6-16-26/h1,3-4,7-14,17H,2,5-6,15-16H2,(H,25,27). The van der Waals surface area contributed by atoms with Crippen molar-refractivity contribution in [3.05, 3.63) is 78.5 Å². The average Bonchev–Trinajstić information content (AvgIpc) is 2.76. The number of para-hydroxylation sites is 1. The lowest BCUT2D eigenvalue weighted by atomic mass is 10.1. The van der Waals surface area contributed by atoms with Crippen LogP contribution in [0.4, 0.5) is 11.4 Å². The number of anilines is 2. The van der Waals surface area contributed by atoms with E-state index in [0.717, 1.165) is 24.5 Å². The van der Waals surface area contributed by atoms with Gasteiger partial charge in [0.1, 0.15) is 11.3 Å². The highest BCUT2D eigenvalue weighted by molar-refractivity contribution is 6.06. The Kier molecular flexibility index (Phi) is 5.52. The molecule has 0 aliphatic carbocycles. The number of carbonyl (C=O) groups excluding carboxylic acids is 1. The summed E-state index contributed by atoms with van der Waals surface area (Å²) in [6, 6.07) is 20.8. The van der Waals surface area contributed by atoms with Gasteiger partial charge in [-0.25, -0.2) is 4.98 Å². The van der Waals surface area contributed by atoms with Gasteiger partial charge in [-0.05, 0) is 61.7 Å². The average molecular weight is 373 g/mol. The van der Waals surface area contributed by atoms with Crippen molar-refractivity contribution < 1.29 is 9.53 Å². The predicted molar refractivity (Wildman–Crippen MR) is 111 cm³/mol. The van der Waals surface area contributed by atoms with E-state index in [0.29, 0.717) is 17.2 Å². The highest BCUT2D eigenvalue weighted by atomic mass is 16.5. The lowest BCUT2D eigenvalue weighted by molar-refractivity contribution is 0.102.